The molecule has 0 aromatic carbocycles. The fraction of sp³-hybridized carbons (Fsp3) is 0.143. The van der Waals surface area contributed by atoms with Gasteiger partial charge in [-0.3, -0.25) is 9.78 Å². The number of rotatable bonds is 2. The molecule has 0 atom stereocenters. The molecule has 3 nitrogen and oxygen atoms in total. The van der Waals surface area contributed by atoms with E-state index in [9.17, 15) is 4.79 Å². The van der Waals surface area contributed by atoms with Crippen molar-refractivity contribution < 1.29 is 9.90 Å². The van der Waals surface area contributed by atoms with Gasteiger partial charge in [-0.1, -0.05) is 0 Å². The van der Waals surface area contributed by atoms with Gasteiger partial charge in [0.1, 0.15) is 0 Å². The average molecular weight is 169 g/mol. The molecular weight excluding hydrogens is 162 g/mol. The molecule has 0 radical (unpaired) electrons. The maximum absolute atomic E-state index is 10.3. The lowest BCUT2D eigenvalue weighted by molar-refractivity contribution is -0.136. The Morgan fingerprint density at radius 1 is 1.73 bits per heavy atom. The Kier molecular flexibility index (Phi) is 2.48. The molecule has 0 saturated carbocycles. The van der Waals surface area contributed by atoms with E-state index in [0.29, 0.717) is 10.5 Å². The molecule has 0 saturated heterocycles. The Morgan fingerprint density at radius 2 is 2.45 bits per heavy atom. The average Bonchev–Trinajstić information content (AvgIpc) is 1.93. The number of carboxylic acid groups (broad SMARTS) is 1. The number of carbonyl (C=O) groups is 1. The van der Waals surface area contributed by atoms with Crippen molar-refractivity contribution in [1.82, 2.24) is 4.98 Å². The lowest BCUT2D eigenvalue weighted by atomic mass is 10.2. The molecule has 1 aromatic rings. The maximum Gasteiger partial charge on any atom is 0.307 e. The molecule has 1 rings (SSSR count). The van der Waals surface area contributed by atoms with Crippen molar-refractivity contribution in [2.24, 2.45) is 0 Å². The van der Waals surface area contributed by atoms with E-state index in [4.69, 9.17) is 5.11 Å². The van der Waals surface area contributed by atoms with Crippen LogP contribution in [-0.4, -0.2) is 16.1 Å². The lowest BCUT2D eigenvalue weighted by Gasteiger charge is -1.98. The molecule has 11 heavy (non-hydrogen) atoms. The summed E-state index contributed by atoms with van der Waals surface area (Å²) < 4.78 is 0. The smallest absolute Gasteiger partial charge is 0.307 e. The molecule has 1 N–H and O–H groups in total. The second-order valence-electron chi connectivity index (χ2n) is 2.07. The quantitative estimate of drug-likeness (QED) is 0.649. The van der Waals surface area contributed by atoms with E-state index < -0.39 is 5.97 Å². The fourth-order valence-corrected chi connectivity index (χ4v) is 0.948. The molecule has 58 valence electrons. The predicted octanol–water partition coefficient (Wildman–Crippen LogP) is 0.997. The Bertz CT molecular complexity index is 275. The van der Waals surface area contributed by atoms with Crippen molar-refractivity contribution >= 4 is 18.6 Å². The zero-order valence-electron chi connectivity index (χ0n) is 5.69. The summed E-state index contributed by atoms with van der Waals surface area (Å²) in [6.45, 7) is 0. The first-order valence-electron chi connectivity index (χ1n) is 3.04. The number of hydrogen-bond donors (Lipinski definition) is 2. The number of aromatic nitrogens is 1. The van der Waals surface area contributed by atoms with E-state index in [2.05, 4.69) is 17.6 Å². The second kappa shape index (κ2) is 3.39. The van der Waals surface area contributed by atoms with Gasteiger partial charge < -0.3 is 5.11 Å². The first kappa shape index (κ1) is 8.07. The molecule has 0 spiro atoms. The van der Waals surface area contributed by atoms with Crippen LogP contribution in [0.1, 0.15) is 5.56 Å². The standard InChI is InChI=1S/C7H7NO2S/c9-7(10)3-5-1-2-8-4-6(5)11/h1-2,4,11H,3H2,(H,9,10). The second-order valence-corrected chi connectivity index (χ2v) is 2.56. The highest BCUT2D eigenvalue weighted by molar-refractivity contribution is 7.80. The van der Waals surface area contributed by atoms with E-state index in [-0.39, 0.29) is 6.42 Å². The fourth-order valence-electron chi connectivity index (χ4n) is 0.727. The molecule has 0 aliphatic carbocycles. The van der Waals surface area contributed by atoms with Gasteiger partial charge in [-0.15, -0.1) is 12.6 Å². The normalized spacial score (nSPS) is 9.55. The van der Waals surface area contributed by atoms with Crippen LogP contribution in [0.5, 0.6) is 0 Å². The summed E-state index contributed by atoms with van der Waals surface area (Å²) >= 11 is 4.05. The van der Waals surface area contributed by atoms with Gasteiger partial charge in [-0.05, 0) is 11.6 Å². The molecule has 0 bridgehead atoms. The van der Waals surface area contributed by atoms with Crippen molar-refractivity contribution in [2.75, 3.05) is 0 Å². The number of nitrogens with zero attached hydrogens (tertiary/aromatic N) is 1. The van der Waals surface area contributed by atoms with Gasteiger partial charge >= 0.3 is 5.97 Å². The summed E-state index contributed by atoms with van der Waals surface area (Å²) in [6.07, 6.45) is 3.08. The number of aliphatic carboxylic acids is 1. The molecule has 4 heteroatoms. The van der Waals surface area contributed by atoms with E-state index in [0.717, 1.165) is 0 Å². The Morgan fingerprint density at radius 3 is 3.00 bits per heavy atom. The van der Waals surface area contributed by atoms with Gasteiger partial charge in [0.05, 0.1) is 6.42 Å². The van der Waals surface area contributed by atoms with Crippen molar-refractivity contribution in [1.29, 1.82) is 0 Å². The van der Waals surface area contributed by atoms with Crippen molar-refractivity contribution in [3.63, 3.8) is 0 Å². The topological polar surface area (TPSA) is 50.2 Å². The van der Waals surface area contributed by atoms with E-state index in [1.807, 2.05) is 0 Å². The van der Waals surface area contributed by atoms with Crippen LogP contribution in [0.2, 0.25) is 0 Å². The summed E-state index contributed by atoms with van der Waals surface area (Å²) in [5, 5.41) is 8.44. The third kappa shape index (κ3) is 2.23. The van der Waals surface area contributed by atoms with Gasteiger partial charge in [0.2, 0.25) is 0 Å². The van der Waals surface area contributed by atoms with E-state index >= 15 is 0 Å². The van der Waals surface area contributed by atoms with E-state index in [1.54, 1.807) is 12.3 Å². The molecule has 0 unspecified atom stereocenters. The summed E-state index contributed by atoms with van der Waals surface area (Å²) in [7, 11) is 0. The Labute approximate surface area is 69.5 Å². The number of pyridine rings is 1. The molecule has 1 heterocycles. The van der Waals surface area contributed by atoms with Crippen LogP contribution in [0.3, 0.4) is 0 Å². The SMILES string of the molecule is O=C(O)Cc1ccncc1S. The zero-order chi connectivity index (χ0) is 8.27. The first-order chi connectivity index (χ1) is 5.20. The molecule has 0 fully saturated rings. The molecule has 1 aromatic heterocycles. The highest BCUT2D eigenvalue weighted by Crippen LogP contribution is 2.11. The third-order valence-corrected chi connectivity index (χ3v) is 1.63. The number of carboxylic acids is 1. The number of hydrogen-bond acceptors (Lipinski definition) is 3. The predicted molar refractivity (Wildman–Crippen MR) is 42.8 cm³/mol. The minimum Gasteiger partial charge on any atom is -0.481 e. The lowest BCUT2D eigenvalue weighted by Crippen LogP contribution is -2.00. The molecule has 0 aliphatic rings. The highest BCUT2D eigenvalue weighted by Gasteiger charge is 2.02. The Hall–Kier alpha value is -1.03. The van der Waals surface area contributed by atoms with E-state index in [1.165, 1.54) is 6.20 Å². The largest absolute Gasteiger partial charge is 0.481 e. The van der Waals surface area contributed by atoms with Crippen molar-refractivity contribution in [2.45, 2.75) is 11.3 Å². The van der Waals surface area contributed by atoms with Gasteiger partial charge in [0, 0.05) is 17.3 Å². The van der Waals surface area contributed by atoms with Gasteiger partial charge in [0.15, 0.2) is 0 Å². The van der Waals surface area contributed by atoms with Crippen LogP contribution in [0.15, 0.2) is 23.4 Å². The minimum atomic E-state index is -0.855. The van der Waals surface area contributed by atoms with Crippen LogP contribution < -0.4 is 0 Å². The van der Waals surface area contributed by atoms with Gasteiger partial charge in [0.25, 0.3) is 0 Å². The first-order valence-corrected chi connectivity index (χ1v) is 3.48. The summed E-state index contributed by atoms with van der Waals surface area (Å²) in [4.78, 5) is 14.7. The Balaban J connectivity index is 2.86. The van der Waals surface area contributed by atoms with Crippen molar-refractivity contribution in [3.05, 3.63) is 24.0 Å². The number of thiol groups is 1. The summed E-state index contributed by atoms with van der Waals surface area (Å²) in [6, 6.07) is 1.65. The van der Waals surface area contributed by atoms with Crippen LogP contribution in [0, 0.1) is 0 Å². The van der Waals surface area contributed by atoms with Crippen LogP contribution >= 0.6 is 12.6 Å². The van der Waals surface area contributed by atoms with Crippen LogP contribution in [-0.2, 0) is 11.2 Å². The summed E-state index contributed by atoms with van der Waals surface area (Å²) in [5.74, 6) is -0.855. The van der Waals surface area contributed by atoms with Gasteiger partial charge in [-0.2, -0.15) is 0 Å². The maximum atomic E-state index is 10.3. The molecular formula is C7H7NO2S. The molecule has 0 aliphatic heterocycles. The monoisotopic (exact) mass is 169 g/mol. The molecule has 0 amide bonds. The van der Waals surface area contributed by atoms with Crippen LogP contribution in [0.4, 0.5) is 0 Å². The zero-order valence-corrected chi connectivity index (χ0v) is 6.58. The highest BCUT2D eigenvalue weighted by atomic mass is 32.1. The summed E-state index contributed by atoms with van der Waals surface area (Å²) in [5.41, 5.74) is 0.691. The van der Waals surface area contributed by atoms with Crippen LogP contribution in [0.25, 0.3) is 0 Å². The van der Waals surface area contributed by atoms with Crippen molar-refractivity contribution in [3.8, 4) is 0 Å². The minimum absolute atomic E-state index is 0.00134. The third-order valence-electron chi connectivity index (χ3n) is 1.23. The van der Waals surface area contributed by atoms with Gasteiger partial charge in [-0.25, -0.2) is 0 Å².